The van der Waals surface area contributed by atoms with E-state index in [0.29, 0.717) is 28.5 Å². The first-order valence-corrected chi connectivity index (χ1v) is 8.47. The van der Waals surface area contributed by atoms with Gasteiger partial charge in [-0.05, 0) is 25.0 Å². The molecule has 1 fully saturated rings. The molecule has 0 spiro atoms. The third-order valence-corrected chi connectivity index (χ3v) is 4.96. The maximum absolute atomic E-state index is 12.4. The van der Waals surface area contributed by atoms with E-state index in [9.17, 15) is 4.79 Å². The Hall–Kier alpha value is -2.63. The molecule has 0 saturated heterocycles. The van der Waals surface area contributed by atoms with E-state index in [4.69, 9.17) is 5.73 Å². The third kappa shape index (κ3) is 2.38. The van der Waals surface area contributed by atoms with Crippen LogP contribution in [0.5, 0.6) is 0 Å². The number of nitrogens with zero attached hydrogens (tertiary/aromatic N) is 3. The molecule has 0 unspecified atom stereocenters. The Morgan fingerprint density at radius 1 is 1.21 bits per heavy atom. The number of benzene rings is 1. The summed E-state index contributed by atoms with van der Waals surface area (Å²) in [7, 11) is 1.84. The van der Waals surface area contributed by atoms with Crippen LogP contribution in [0.15, 0.2) is 29.1 Å². The molecular weight excluding hydrogens is 302 g/mol. The second kappa shape index (κ2) is 5.78. The van der Waals surface area contributed by atoms with Crippen LogP contribution >= 0.6 is 0 Å². The van der Waals surface area contributed by atoms with Crippen LogP contribution in [0.1, 0.15) is 43.7 Å². The number of nitrogens with two attached hydrogens (primary N) is 1. The summed E-state index contributed by atoms with van der Waals surface area (Å²) in [4.78, 5) is 20.0. The summed E-state index contributed by atoms with van der Waals surface area (Å²) < 4.78 is 1.69. The summed E-state index contributed by atoms with van der Waals surface area (Å²) in [5.41, 5.74) is 8.56. The molecule has 1 aliphatic rings. The van der Waals surface area contributed by atoms with Gasteiger partial charge in [-0.1, -0.05) is 31.4 Å². The molecule has 3 aromatic rings. The Bertz CT molecular complexity index is 950. The van der Waals surface area contributed by atoms with Crippen molar-refractivity contribution >= 4 is 16.7 Å². The summed E-state index contributed by atoms with van der Waals surface area (Å²) in [6.07, 6.45) is 5.92. The largest absolute Gasteiger partial charge is 0.383 e. The molecule has 6 nitrogen and oxygen atoms in total. The van der Waals surface area contributed by atoms with E-state index in [1.165, 1.54) is 19.3 Å². The Labute approximate surface area is 139 Å². The van der Waals surface area contributed by atoms with Crippen molar-refractivity contribution < 1.29 is 0 Å². The number of aryl methyl sites for hydroxylation is 1. The summed E-state index contributed by atoms with van der Waals surface area (Å²) in [5, 5.41) is 5.24. The van der Waals surface area contributed by atoms with Crippen molar-refractivity contribution in [2.24, 2.45) is 7.05 Å². The minimum atomic E-state index is -0.145. The van der Waals surface area contributed by atoms with Gasteiger partial charge in [0.05, 0.1) is 22.2 Å². The number of hydrogen-bond donors (Lipinski definition) is 2. The van der Waals surface area contributed by atoms with Crippen molar-refractivity contribution in [3.8, 4) is 11.4 Å². The van der Waals surface area contributed by atoms with Crippen molar-refractivity contribution in [3.05, 3.63) is 40.3 Å². The van der Waals surface area contributed by atoms with E-state index < -0.39 is 0 Å². The Kier molecular flexibility index (Phi) is 3.59. The summed E-state index contributed by atoms with van der Waals surface area (Å²) in [5.74, 6) is 1.45. The Balaban J connectivity index is 1.91. The van der Waals surface area contributed by atoms with E-state index in [2.05, 4.69) is 15.1 Å². The topological polar surface area (TPSA) is 89.6 Å². The standard InChI is InChI=1S/C18H21N5O/c1-23-16(19)14(15(22-23)11-7-3-2-4-8-11)17-20-13-10-6-5-9-12(13)18(24)21-17/h5-6,9-11H,2-4,7-8,19H2,1H3,(H,20,21,24). The second-order valence-corrected chi connectivity index (χ2v) is 6.54. The molecule has 24 heavy (non-hydrogen) atoms. The molecular formula is C18H21N5O. The molecule has 1 aromatic carbocycles. The monoisotopic (exact) mass is 323 g/mol. The van der Waals surface area contributed by atoms with Gasteiger partial charge in [-0.25, -0.2) is 4.98 Å². The van der Waals surface area contributed by atoms with Gasteiger partial charge in [-0.3, -0.25) is 9.48 Å². The number of fused-ring (bicyclic) bond motifs is 1. The predicted octanol–water partition coefficient (Wildman–Crippen LogP) is 2.95. The van der Waals surface area contributed by atoms with E-state index >= 15 is 0 Å². The highest BCUT2D eigenvalue weighted by Crippen LogP contribution is 2.38. The van der Waals surface area contributed by atoms with E-state index in [1.54, 1.807) is 10.7 Å². The van der Waals surface area contributed by atoms with Gasteiger partial charge in [-0.15, -0.1) is 0 Å². The molecule has 0 bridgehead atoms. The van der Waals surface area contributed by atoms with Gasteiger partial charge < -0.3 is 10.7 Å². The lowest BCUT2D eigenvalue weighted by Crippen LogP contribution is -2.12. The zero-order chi connectivity index (χ0) is 16.7. The molecule has 2 heterocycles. The number of hydrogen-bond acceptors (Lipinski definition) is 4. The molecule has 0 atom stereocenters. The summed E-state index contributed by atoms with van der Waals surface area (Å²) in [6, 6.07) is 7.35. The molecule has 124 valence electrons. The minimum Gasteiger partial charge on any atom is -0.383 e. The van der Waals surface area contributed by atoms with Gasteiger partial charge in [0.25, 0.3) is 5.56 Å². The quantitative estimate of drug-likeness (QED) is 0.758. The van der Waals surface area contributed by atoms with Crippen LogP contribution in [0.2, 0.25) is 0 Å². The predicted molar refractivity (Wildman–Crippen MR) is 94.8 cm³/mol. The van der Waals surface area contributed by atoms with Crippen molar-refractivity contribution in [2.75, 3.05) is 5.73 Å². The summed E-state index contributed by atoms with van der Waals surface area (Å²) >= 11 is 0. The van der Waals surface area contributed by atoms with Gasteiger partial charge in [0, 0.05) is 13.0 Å². The highest BCUT2D eigenvalue weighted by molar-refractivity contribution is 5.81. The van der Waals surface area contributed by atoms with Crippen LogP contribution < -0.4 is 11.3 Å². The van der Waals surface area contributed by atoms with E-state index in [0.717, 1.165) is 24.1 Å². The lowest BCUT2D eigenvalue weighted by molar-refractivity contribution is 0.434. The number of aromatic amines is 1. The Morgan fingerprint density at radius 2 is 1.96 bits per heavy atom. The smallest absolute Gasteiger partial charge is 0.259 e. The highest BCUT2D eigenvalue weighted by Gasteiger charge is 2.26. The number of rotatable bonds is 2. The van der Waals surface area contributed by atoms with Gasteiger partial charge in [-0.2, -0.15) is 5.10 Å². The molecule has 2 aromatic heterocycles. The van der Waals surface area contributed by atoms with Crippen LogP contribution in [-0.2, 0) is 7.05 Å². The number of nitrogen functional groups attached to an aromatic ring is 1. The van der Waals surface area contributed by atoms with Crippen LogP contribution in [-0.4, -0.2) is 19.7 Å². The van der Waals surface area contributed by atoms with Crippen LogP contribution in [0.4, 0.5) is 5.82 Å². The molecule has 0 radical (unpaired) electrons. The fourth-order valence-corrected chi connectivity index (χ4v) is 3.67. The van der Waals surface area contributed by atoms with Crippen LogP contribution in [0.25, 0.3) is 22.3 Å². The zero-order valence-electron chi connectivity index (χ0n) is 13.7. The third-order valence-electron chi connectivity index (χ3n) is 4.96. The number of para-hydroxylation sites is 1. The number of nitrogens with one attached hydrogen (secondary N) is 1. The average Bonchev–Trinajstić information content (AvgIpc) is 2.91. The maximum atomic E-state index is 12.4. The highest BCUT2D eigenvalue weighted by atomic mass is 16.1. The summed E-state index contributed by atoms with van der Waals surface area (Å²) in [6.45, 7) is 0. The van der Waals surface area contributed by atoms with Crippen LogP contribution in [0.3, 0.4) is 0 Å². The molecule has 3 N–H and O–H groups in total. The van der Waals surface area contributed by atoms with Gasteiger partial charge in [0.1, 0.15) is 11.6 Å². The van der Waals surface area contributed by atoms with Gasteiger partial charge in [0.2, 0.25) is 0 Å². The van der Waals surface area contributed by atoms with Crippen molar-refractivity contribution in [1.29, 1.82) is 0 Å². The number of aromatic nitrogens is 4. The van der Waals surface area contributed by atoms with E-state index in [-0.39, 0.29) is 5.56 Å². The molecule has 1 aliphatic carbocycles. The zero-order valence-corrected chi connectivity index (χ0v) is 13.7. The van der Waals surface area contributed by atoms with Crippen molar-refractivity contribution in [3.63, 3.8) is 0 Å². The molecule has 0 amide bonds. The first-order chi connectivity index (χ1) is 11.6. The van der Waals surface area contributed by atoms with E-state index in [1.807, 2.05) is 25.2 Å². The van der Waals surface area contributed by atoms with Crippen molar-refractivity contribution in [1.82, 2.24) is 19.7 Å². The first-order valence-electron chi connectivity index (χ1n) is 8.47. The lowest BCUT2D eigenvalue weighted by Gasteiger charge is -2.20. The first kappa shape index (κ1) is 14.9. The minimum absolute atomic E-state index is 0.145. The SMILES string of the molecule is Cn1nc(C2CCCCC2)c(-c2nc3ccccc3c(=O)[nH]2)c1N. The second-order valence-electron chi connectivity index (χ2n) is 6.54. The fraction of sp³-hybridized carbons (Fsp3) is 0.389. The fourth-order valence-electron chi connectivity index (χ4n) is 3.67. The van der Waals surface area contributed by atoms with Gasteiger partial charge in [0.15, 0.2) is 0 Å². The molecule has 1 saturated carbocycles. The maximum Gasteiger partial charge on any atom is 0.259 e. The molecule has 0 aliphatic heterocycles. The van der Waals surface area contributed by atoms with Gasteiger partial charge >= 0.3 is 0 Å². The Morgan fingerprint density at radius 3 is 2.75 bits per heavy atom. The average molecular weight is 323 g/mol. The number of H-pyrrole nitrogens is 1. The normalized spacial score (nSPS) is 15.9. The molecule has 4 rings (SSSR count). The molecule has 6 heteroatoms. The van der Waals surface area contributed by atoms with Crippen molar-refractivity contribution in [2.45, 2.75) is 38.0 Å². The lowest BCUT2D eigenvalue weighted by atomic mass is 9.85. The van der Waals surface area contributed by atoms with Crippen LogP contribution in [0, 0.1) is 0 Å². The number of anilines is 1.